The van der Waals surface area contributed by atoms with E-state index in [1.807, 2.05) is 30.3 Å². The lowest BCUT2D eigenvalue weighted by Crippen LogP contribution is -2.13. The third kappa shape index (κ3) is 3.68. The van der Waals surface area contributed by atoms with Crippen molar-refractivity contribution in [1.29, 1.82) is 0 Å². The van der Waals surface area contributed by atoms with Gasteiger partial charge in [-0.25, -0.2) is 0 Å². The molecule has 8 nitrogen and oxygen atoms in total. The molecule has 0 atom stereocenters. The number of aromatic nitrogens is 4. The summed E-state index contributed by atoms with van der Waals surface area (Å²) in [6.07, 6.45) is 0. The van der Waals surface area contributed by atoms with Gasteiger partial charge in [-0.15, -0.1) is 10.2 Å². The molecule has 156 valence electrons. The van der Waals surface area contributed by atoms with Gasteiger partial charge in [0.2, 0.25) is 5.91 Å². The molecule has 0 aliphatic carbocycles. The molecule has 3 heterocycles. The van der Waals surface area contributed by atoms with Crippen molar-refractivity contribution in [1.82, 2.24) is 19.9 Å². The zero-order valence-electron chi connectivity index (χ0n) is 17.0. The molecule has 0 aliphatic rings. The number of thioether (sulfide) groups is 1. The van der Waals surface area contributed by atoms with E-state index in [0.29, 0.717) is 16.7 Å². The molecule has 0 spiro atoms. The first-order valence-electron chi connectivity index (χ1n) is 9.83. The number of nitrogens with one attached hydrogen (secondary N) is 1. The van der Waals surface area contributed by atoms with Gasteiger partial charge in [0.15, 0.2) is 5.69 Å². The number of para-hydroxylation sites is 1. The molecule has 0 saturated heterocycles. The maximum Gasteiger partial charge on any atom is 0.277 e. The van der Waals surface area contributed by atoms with Gasteiger partial charge in [0, 0.05) is 40.1 Å². The second kappa shape index (κ2) is 7.92. The number of hydrogen-bond acceptors (Lipinski definition) is 7. The molecule has 0 radical (unpaired) electrons. The van der Waals surface area contributed by atoms with Crippen molar-refractivity contribution in [2.24, 2.45) is 0 Å². The molecule has 5 aromatic rings. The van der Waals surface area contributed by atoms with Crippen LogP contribution in [0, 0.1) is 6.92 Å². The molecule has 0 aliphatic heterocycles. The summed E-state index contributed by atoms with van der Waals surface area (Å²) in [5.41, 5.74) is 3.56. The van der Waals surface area contributed by atoms with Crippen LogP contribution in [-0.4, -0.2) is 31.6 Å². The Labute approximate surface area is 181 Å². The van der Waals surface area contributed by atoms with Crippen molar-refractivity contribution in [3.8, 4) is 11.6 Å². The van der Waals surface area contributed by atoms with Gasteiger partial charge in [-0.3, -0.25) is 4.79 Å². The van der Waals surface area contributed by atoms with E-state index in [-0.39, 0.29) is 17.6 Å². The van der Waals surface area contributed by atoms with Gasteiger partial charge in [-0.05, 0) is 38.1 Å². The molecule has 0 bridgehead atoms. The van der Waals surface area contributed by atoms with Gasteiger partial charge < -0.3 is 18.8 Å². The van der Waals surface area contributed by atoms with E-state index in [1.165, 1.54) is 22.7 Å². The number of rotatable bonds is 6. The number of amides is 1. The molecule has 0 fully saturated rings. The first kappa shape index (κ1) is 19.4. The predicted molar refractivity (Wildman–Crippen MR) is 119 cm³/mol. The topological polar surface area (TPSA) is 99.0 Å². The van der Waals surface area contributed by atoms with Gasteiger partial charge in [-0.1, -0.05) is 35.1 Å². The van der Waals surface area contributed by atoms with Crippen molar-refractivity contribution >= 4 is 45.2 Å². The SMILES string of the molecule is CCn1c2ccccc2c2cc(NC(=O)CSc3nnc(-c4cc(C)on4)o3)ccc21. The van der Waals surface area contributed by atoms with Gasteiger partial charge in [-0.2, -0.15) is 0 Å². The number of carbonyl (C=O) groups excluding carboxylic acids is 1. The highest BCUT2D eigenvalue weighted by atomic mass is 32.2. The number of aryl methyl sites for hydroxylation is 2. The maximum absolute atomic E-state index is 12.5. The molecule has 1 N–H and O–H groups in total. The van der Waals surface area contributed by atoms with E-state index in [4.69, 9.17) is 8.94 Å². The second-order valence-corrected chi connectivity index (χ2v) is 7.95. The fourth-order valence-corrected chi connectivity index (χ4v) is 4.20. The molecular weight excluding hydrogens is 414 g/mol. The third-order valence-electron chi connectivity index (χ3n) is 4.95. The van der Waals surface area contributed by atoms with Crippen molar-refractivity contribution in [2.75, 3.05) is 11.1 Å². The normalized spacial score (nSPS) is 11.4. The smallest absolute Gasteiger partial charge is 0.277 e. The number of nitrogens with zero attached hydrogens (tertiary/aromatic N) is 4. The summed E-state index contributed by atoms with van der Waals surface area (Å²) in [6.45, 7) is 4.79. The van der Waals surface area contributed by atoms with E-state index in [1.54, 1.807) is 13.0 Å². The van der Waals surface area contributed by atoms with Crippen LogP contribution >= 0.6 is 11.8 Å². The van der Waals surface area contributed by atoms with Gasteiger partial charge in [0.25, 0.3) is 11.1 Å². The average molecular weight is 433 g/mol. The van der Waals surface area contributed by atoms with E-state index in [9.17, 15) is 4.79 Å². The van der Waals surface area contributed by atoms with Crippen molar-refractivity contribution in [3.05, 3.63) is 54.3 Å². The monoisotopic (exact) mass is 433 g/mol. The van der Waals surface area contributed by atoms with Gasteiger partial charge in [0.1, 0.15) is 5.76 Å². The van der Waals surface area contributed by atoms with Crippen LogP contribution in [0.25, 0.3) is 33.4 Å². The number of carbonyl (C=O) groups is 1. The number of benzene rings is 2. The van der Waals surface area contributed by atoms with Crippen LogP contribution in [0.15, 0.2) is 62.7 Å². The Morgan fingerprint density at radius 1 is 1.10 bits per heavy atom. The van der Waals surface area contributed by atoms with Crippen LogP contribution in [0.1, 0.15) is 12.7 Å². The average Bonchev–Trinajstić information content (AvgIpc) is 3.49. The highest BCUT2D eigenvalue weighted by Crippen LogP contribution is 2.31. The number of fused-ring (bicyclic) bond motifs is 3. The Balaban J connectivity index is 1.29. The molecule has 31 heavy (non-hydrogen) atoms. The lowest BCUT2D eigenvalue weighted by Gasteiger charge is -2.06. The minimum Gasteiger partial charge on any atom is -0.409 e. The number of anilines is 1. The maximum atomic E-state index is 12.5. The standard InChI is InChI=1S/C22H19N5O3S/c1-3-27-18-7-5-4-6-15(18)16-11-14(8-9-19(16)27)23-20(28)12-31-22-25-24-21(29-22)17-10-13(2)30-26-17/h4-11H,3,12H2,1-2H3,(H,23,28). The van der Waals surface area contributed by atoms with Crippen molar-refractivity contribution in [2.45, 2.75) is 25.6 Å². The summed E-state index contributed by atoms with van der Waals surface area (Å²) < 4.78 is 12.8. The Morgan fingerprint density at radius 3 is 2.74 bits per heavy atom. The highest BCUT2D eigenvalue weighted by molar-refractivity contribution is 7.99. The summed E-state index contributed by atoms with van der Waals surface area (Å²) in [7, 11) is 0. The summed E-state index contributed by atoms with van der Waals surface area (Å²) in [5, 5.41) is 17.3. The first-order valence-corrected chi connectivity index (χ1v) is 10.8. The fraction of sp³-hybridized carbons (Fsp3) is 0.182. The first-order chi connectivity index (χ1) is 15.1. The molecule has 5 rings (SSSR count). The summed E-state index contributed by atoms with van der Waals surface area (Å²) in [4.78, 5) is 12.5. The Morgan fingerprint density at radius 2 is 1.94 bits per heavy atom. The zero-order chi connectivity index (χ0) is 21.4. The Kier molecular flexibility index (Phi) is 4.95. The van der Waals surface area contributed by atoms with Crippen molar-refractivity contribution < 1.29 is 13.7 Å². The van der Waals surface area contributed by atoms with Gasteiger partial charge >= 0.3 is 0 Å². The van der Waals surface area contributed by atoms with Crippen molar-refractivity contribution in [3.63, 3.8) is 0 Å². The summed E-state index contributed by atoms with van der Waals surface area (Å²) >= 11 is 1.17. The van der Waals surface area contributed by atoms with E-state index in [0.717, 1.165) is 23.1 Å². The lowest BCUT2D eigenvalue weighted by atomic mass is 10.1. The van der Waals surface area contributed by atoms with Crippen LogP contribution < -0.4 is 5.32 Å². The molecule has 9 heteroatoms. The fourth-order valence-electron chi connectivity index (χ4n) is 3.64. The molecule has 0 unspecified atom stereocenters. The van der Waals surface area contributed by atoms with E-state index in [2.05, 4.69) is 44.3 Å². The zero-order valence-corrected chi connectivity index (χ0v) is 17.8. The summed E-state index contributed by atoms with van der Waals surface area (Å²) in [5.74, 6) is 0.910. The Hall–Kier alpha value is -3.59. The second-order valence-electron chi connectivity index (χ2n) is 7.03. The highest BCUT2D eigenvalue weighted by Gasteiger charge is 2.15. The molecule has 3 aromatic heterocycles. The van der Waals surface area contributed by atoms with Gasteiger partial charge in [0.05, 0.1) is 5.75 Å². The van der Waals surface area contributed by atoms with Crippen LogP contribution in [0.3, 0.4) is 0 Å². The lowest BCUT2D eigenvalue weighted by molar-refractivity contribution is -0.113. The molecular formula is C22H19N5O3S. The minimum absolute atomic E-state index is 0.147. The van der Waals surface area contributed by atoms with Crippen LogP contribution in [0.2, 0.25) is 0 Å². The quantitative estimate of drug-likeness (QED) is 0.381. The van der Waals surface area contributed by atoms with E-state index < -0.39 is 0 Å². The molecule has 1 amide bonds. The molecule has 2 aromatic carbocycles. The van der Waals surface area contributed by atoms with Crippen LogP contribution in [0.5, 0.6) is 0 Å². The minimum atomic E-state index is -0.152. The largest absolute Gasteiger partial charge is 0.409 e. The Bertz CT molecular complexity index is 1400. The predicted octanol–water partition coefficient (Wildman–Crippen LogP) is 4.89. The van der Waals surface area contributed by atoms with Crippen LogP contribution in [0.4, 0.5) is 5.69 Å². The summed E-state index contributed by atoms with van der Waals surface area (Å²) in [6, 6.07) is 16.0. The third-order valence-corrected chi connectivity index (χ3v) is 5.77. The molecule has 0 saturated carbocycles. The number of hydrogen-bond donors (Lipinski definition) is 1. The van der Waals surface area contributed by atoms with Crippen LogP contribution in [-0.2, 0) is 11.3 Å². The van der Waals surface area contributed by atoms with E-state index >= 15 is 0 Å².